The molecule has 5 nitrogen and oxygen atoms in total. The van der Waals surface area contributed by atoms with Crippen LogP contribution in [-0.4, -0.2) is 29.8 Å². The number of benzene rings is 2. The van der Waals surface area contributed by atoms with E-state index in [4.69, 9.17) is 0 Å². The van der Waals surface area contributed by atoms with Crippen LogP contribution in [-0.2, 0) is 4.79 Å². The summed E-state index contributed by atoms with van der Waals surface area (Å²) in [5.74, 6) is -0.254. The summed E-state index contributed by atoms with van der Waals surface area (Å²) in [6, 6.07) is 20.2. The molecule has 0 aliphatic rings. The van der Waals surface area contributed by atoms with E-state index in [9.17, 15) is 9.59 Å². The van der Waals surface area contributed by atoms with Gasteiger partial charge in [0.2, 0.25) is 5.91 Å². The summed E-state index contributed by atoms with van der Waals surface area (Å²) in [6.45, 7) is 5.63. The Morgan fingerprint density at radius 1 is 0.897 bits per heavy atom. The Morgan fingerprint density at radius 2 is 1.59 bits per heavy atom. The van der Waals surface area contributed by atoms with E-state index in [1.54, 1.807) is 18.2 Å². The van der Waals surface area contributed by atoms with Gasteiger partial charge in [-0.05, 0) is 48.3 Å². The van der Waals surface area contributed by atoms with E-state index >= 15 is 0 Å². The number of likely N-dealkylation sites (N-methyl/N-ethyl adjacent to an activating group) is 1. The first-order chi connectivity index (χ1) is 14.1. The molecular formula is C23H25N3O2S. The van der Waals surface area contributed by atoms with Crippen LogP contribution in [0.1, 0.15) is 35.1 Å². The van der Waals surface area contributed by atoms with Crippen molar-refractivity contribution in [2.24, 2.45) is 0 Å². The monoisotopic (exact) mass is 407 g/mol. The van der Waals surface area contributed by atoms with Crippen molar-refractivity contribution in [3.05, 3.63) is 82.6 Å². The fourth-order valence-corrected chi connectivity index (χ4v) is 3.86. The smallest absolute Gasteiger partial charge is 0.265 e. The van der Waals surface area contributed by atoms with Crippen molar-refractivity contribution in [2.75, 3.05) is 23.7 Å². The highest BCUT2D eigenvalue weighted by atomic mass is 32.1. The molecular weight excluding hydrogens is 382 g/mol. The Balaban J connectivity index is 1.77. The van der Waals surface area contributed by atoms with Gasteiger partial charge in [-0.2, -0.15) is 0 Å². The molecule has 0 spiro atoms. The molecule has 1 atom stereocenters. The molecule has 2 aromatic carbocycles. The van der Waals surface area contributed by atoms with Gasteiger partial charge in [0.05, 0.1) is 4.88 Å². The standard InChI is InChI=1S/C23H25N3O2S/c1-3-26(4-2)21(17-10-6-5-7-11-17)23(28)25-19-13-8-12-18(16-19)24-22(27)20-14-9-15-29-20/h5-16,21H,3-4H2,1-2H3,(H,24,27)(H,25,28). The number of nitrogens with one attached hydrogen (secondary N) is 2. The maximum atomic E-state index is 13.2. The first-order valence-electron chi connectivity index (χ1n) is 9.67. The van der Waals surface area contributed by atoms with Crippen molar-refractivity contribution in [1.29, 1.82) is 0 Å². The summed E-state index contributed by atoms with van der Waals surface area (Å²) in [5, 5.41) is 7.75. The van der Waals surface area contributed by atoms with Gasteiger partial charge in [-0.25, -0.2) is 0 Å². The van der Waals surface area contributed by atoms with E-state index < -0.39 is 0 Å². The first-order valence-corrected chi connectivity index (χ1v) is 10.5. The van der Waals surface area contributed by atoms with Gasteiger partial charge < -0.3 is 10.6 Å². The third kappa shape index (κ3) is 5.31. The van der Waals surface area contributed by atoms with Crippen LogP contribution in [0.4, 0.5) is 11.4 Å². The van der Waals surface area contributed by atoms with Gasteiger partial charge in [0.25, 0.3) is 5.91 Å². The molecule has 0 saturated carbocycles. The summed E-state index contributed by atoms with van der Waals surface area (Å²) in [6.07, 6.45) is 0. The largest absolute Gasteiger partial charge is 0.324 e. The molecule has 0 radical (unpaired) electrons. The SMILES string of the molecule is CCN(CC)C(C(=O)Nc1cccc(NC(=O)c2cccs2)c1)c1ccccc1. The first kappa shape index (κ1) is 20.8. The van der Waals surface area contributed by atoms with Crippen LogP contribution in [0.25, 0.3) is 0 Å². The molecule has 0 fully saturated rings. The van der Waals surface area contributed by atoms with E-state index in [0.29, 0.717) is 16.3 Å². The van der Waals surface area contributed by atoms with Crippen molar-refractivity contribution in [1.82, 2.24) is 4.90 Å². The number of anilines is 2. The second-order valence-electron chi connectivity index (χ2n) is 6.54. The summed E-state index contributed by atoms with van der Waals surface area (Å²) in [7, 11) is 0. The molecule has 6 heteroatoms. The van der Waals surface area contributed by atoms with Gasteiger partial charge in [0.15, 0.2) is 0 Å². The molecule has 3 rings (SSSR count). The summed E-state index contributed by atoms with van der Waals surface area (Å²) in [5.41, 5.74) is 2.24. The molecule has 2 N–H and O–H groups in total. The van der Waals surface area contributed by atoms with E-state index in [1.165, 1.54) is 11.3 Å². The highest BCUT2D eigenvalue weighted by Gasteiger charge is 2.25. The molecule has 29 heavy (non-hydrogen) atoms. The van der Waals surface area contributed by atoms with Gasteiger partial charge in [0, 0.05) is 11.4 Å². The number of rotatable bonds is 8. The van der Waals surface area contributed by atoms with Crippen molar-refractivity contribution >= 4 is 34.5 Å². The lowest BCUT2D eigenvalue weighted by Gasteiger charge is -2.29. The van der Waals surface area contributed by atoms with E-state index in [-0.39, 0.29) is 17.9 Å². The highest BCUT2D eigenvalue weighted by molar-refractivity contribution is 7.12. The average molecular weight is 408 g/mol. The van der Waals surface area contributed by atoms with Gasteiger partial charge in [-0.1, -0.05) is 56.3 Å². The maximum Gasteiger partial charge on any atom is 0.265 e. The molecule has 150 valence electrons. The Bertz CT molecular complexity index is 938. The molecule has 1 unspecified atom stereocenters. The minimum Gasteiger partial charge on any atom is -0.324 e. The predicted molar refractivity (Wildman–Crippen MR) is 119 cm³/mol. The van der Waals surface area contributed by atoms with Crippen LogP contribution >= 0.6 is 11.3 Å². The Labute approximate surface area is 175 Å². The maximum absolute atomic E-state index is 13.2. The zero-order chi connectivity index (χ0) is 20.6. The fraction of sp³-hybridized carbons (Fsp3) is 0.217. The highest BCUT2D eigenvalue weighted by Crippen LogP contribution is 2.24. The van der Waals surface area contributed by atoms with Gasteiger partial charge in [0.1, 0.15) is 6.04 Å². The molecule has 0 aliphatic heterocycles. The minimum absolute atomic E-state index is 0.0957. The Morgan fingerprint density at radius 3 is 2.21 bits per heavy atom. The third-order valence-corrected chi connectivity index (χ3v) is 5.54. The Hall–Kier alpha value is -2.96. The van der Waals surface area contributed by atoms with Crippen LogP contribution in [0.2, 0.25) is 0 Å². The van der Waals surface area contributed by atoms with Crippen molar-refractivity contribution < 1.29 is 9.59 Å². The number of carbonyl (C=O) groups is 2. The van der Waals surface area contributed by atoms with E-state index in [2.05, 4.69) is 15.5 Å². The lowest BCUT2D eigenvalue weighted by Crippen LogP contribution is -2.37. The summed E-state index contributed by atoms with van der Waals surface area (Å²) >= 11 is 1.39. The zero-order valence-corrected chi connectivity index (χ0v) is 17.4. The number of hydrogen-bond donors (Lipinski definition) is 2. The number of amides is 2. The number of hydrogen-bond acceptors (Lipinski definition) is 4. The molecule has 1 aromatic heterocycles. The minimum atomic E-state index is -0.379. The van der Waals surface area contributed by atoms with Crippen molar-refractivity contribution in [3.63, 3.8) is 0 Å². The lowest BCUT2D eigenvalue weighted by atomic mass is 10.0. The number of nitrogens with zero attached hydrogens (tertiary/aromatic N) is 1. The van der Waals surface area contributed by atoms with Crippen LogP contribution in [0.3, 0.4) is 0 Å². The van der Waals surface area contributed by atoms with Crippen LogP contribution < -0.4 is 10.6 Å². The van der Waals surface area contributed by atoms with Crippen molar-refractivity contribution in [3.8, 4) is 0 Å². The summed E-state index contributed by atoms with van der Waals surface area (Å²) in [4.78, 5) is 28.2. The Kier molecular flexibility index (Phi) is 7.16. The number of thiophene rings is 1. The molecule has 0 saturated heterocycles. The molecule has 0 aliphatic carbocycles. The fourth-order valence-electron chi connectivity index (χ4n) is 3.24. The summed E-state index contributed by atoms with van der Waals surface area (Å²) < 4.78 is 0. The lowest BCUT2D eigenvalue weighted by molar-refractivity contribution is -0.121. The average Bonchev–Trinajstić information content (AvgIpc) is 3.28. The van der Waals surface area contributed by atoms with Crippen LogP contribution in [0, 0.1) is 0 Å². The molecule has 2 amide bonds. The second-order valence-corrected chi connectivity index (χ2v) is 7.48. The predicted octanol–water partition coefficient (Wildman–Crippen LogP) is 5.02. The molecule has 1 heterocycles. The van der Waals surface area contributed by atoms with Crippen molar-refractivity contribution in [2.45, 2.75) is 19.9 Å². The quantitative estimate of drug-likeness (QED) is 0.551. The number of carbonyl (C=O) groups excluding carboxylic acids is 2. The van der Waals surface area contributed by atoms with Crippen LogP contribution in [0.15, 0.2) is 72.1 Å². The van der Waals surface area contributed by atoms with E-state index in [1.807, 2.05) is 67.8 Å². The second kappa shape index (κ2) is 10.0. The zero-order valence-electron chi connectivity index (χ0n) is 16.6. The topological polar surface area (TPSA) is 61.4 Å². The van der Waals surface area contributed by atoms with Gasteiger partial charge in [-0.15, -0.1) is 11.3 Å². The van der Waals surface area contributed by atoms with E-state index in [0.717, 1.165) is 18.7 Å². The molecule has 0 bridgehead atoms. The third-order valence-electron chi connectivity index (χ3n) is 4.67. The van der Waals surface area contributed by atoms with Gasteiger partial charge in [-0.3, -0.25) is 14.5 Å². The van der Waals surface area contributed by atoms with Gasteiger partial charge >= 0.3 is 0 Å². The molecule has 3 aromatic rings. The normalized spacial score (nSPS) is 11.8. The van der Waals surface area contributed by atoms with Crippen LogP contribution in [0.5, 0.6) is 0 Å².